The molecule has 0 spiro atoms. The van der Waals surface area contributed by atoms with Crippen LogP contribution in [0.25, 0.3) is 10.9 Å². The zero-order valence-corrected chi connectivity index (χ0v) is 13.9. The lowest BCUT2D eigenvalue weighted by Crippen LogP contribution is -2.22. The SMILES string of the molecule is CC(=O)c1c([S+]([O-])CC#N)[nH]c2c(Br)ccc(Cl)c2c1=O. The van der Waals surface area contributed by atoms with E-state index in [2.05, 4.69) is 20.9 Å². The van der Waals surface area contributed by atoms with E-state index in [-0.39, 0.29) is 26.8 Å². The maximum Gasteiger partial charge on any atom is 0.239 e. The molecular formula is C13H8BrClN2O3S. The number of rotatable bonds is 3. The predicted octanol–water partition coefficient (Wildman–Crippen LogP) is 2.78. The third-order valence-electron chi connectivity index (χ3n) is 2.80. The van der Waals surface area contributed by atoms with Crippen LogP contribution in [0.1, 0.15) is 17.3 Å². The van der Waals surface area contributed by atoms with Crippen molar-refractivity contribution in [1.29, 1.82) is 5.26 Å². The third kappa shape index (κ3) is 2.85. The molecule has 0 radical (unpaired) electrons. The van der Waals surface area contributed by atoms with E-state index in [1.807, 2.05) is 0 Å². The fourth-order valence-electron chi connectivity index (χ4n) is 1.92. The van der Waals surface area contributed by atoms with Crippen LogP contribution >= 0.6 is 27.5 Å². The Labute approximate surface area is 136 Å². The highest BCUT2D eigenvalue weighted by molar-refractivity contribution is 9.10. The van der Waals surface area contributed by atoms with Gasteiger partial charge in [0.2, 0.25) is 10.5 Å². The molecule has 1 unspecified atom stereocenters. The van der Waals surface area contributed by atoms with Gasteiger partial charge < -0.3 is 9.54 Å². The molecule has 2 aromatic rings. The number of carbonyl (C=O) groups is 1. The summed E-state index contributed by atoms with van der Waals surface area (Å²) in [4.78, 5) is 27.1. The van der Waals surface area contributed by atoms with Crippen LogP contribution in [0.2, 0.25) is 5.02 Å². The van der Waals surface area contributed by atoms with E-state index < -0.39 is 22.4 Å². The third-order valence-corrected chi connectivity index (χ3v) is 4.93. The minimum Gasteiger partial charge on any atom is -0.609 e. The van der Waals surface area contributed by atoms with E-state index in [9.17, 15) is 14.1 Å². The number of benzene rings is 1. The van der Waals surface area contributed by atoms with Crippen molar-refractivity contribution in [3.05, 3.63) is 37.4 Å². The summed E-state index contributed by atoms with van der Waals surface area (Å²) in [6.45, 7) is 1.20. The summed E-state index contributed by atoms with van der Waals surface area (Å²) in [6.07, 6.45) is 0. The first-order chi connectivity index (χ1) is 9.88. The highest BCUT2D eigenvalue weighted by Crippen LogP contribution is 2.28. The molecule has 1 aromatic carbocycles. The molecule has 1 heterocycles. The van der Waals surface area contributed by atoms with E-state index in [1.165, 1.54) is 13.0 Å². The van der Waals surface area contributed by atoms with E-state index in [4.69, 9.17) is 16.9 Å². The number of hydrogen-bond donors (Lipinski definition) is 1. The molecule has 0 aliphatic heterocycles. The number of aromatic nitrogens is 1. The summed E-state index contributed by atoms with van der Waals surface area (Å²) in [5.74, 6) is -0.851. The summed E-state index contributed by atoms with van der Waals surface area (Å²) >= 11 is 7.50. The summed E-state index contributed by atoms with van der Waals surface area (Å²) in [5.41, 5.74) is -0.473. The number of aromatic amines is 1. The standard InChI is InChI=1S/C13H8BrClN2O3S/c1-6(18)9-12(19)10-8(15)3-2-7(14)11(10)17-13(9)21(20)5-4-16/h2-3H,5H2,1H3,(H,17,19). The number of nitriles is 1. The van der Waals surface area contributed by atoms with Gasteiger partial charge in [0, 0.05) is 15.6 Å². The Bertz CT molecular complexity index is 844. The van der Waals surface area contributed by atoms with Gasteiger partial charge in [-0.3, -0.25) is 9.59 Å². The van der Waals surface area contributed by atoms with Gasteiger partial charge in [-0.15, -0.1) is 0 Å². The van der Waals surface area contributed by atoms with Gasteiger partial charge in [-0.1, -0.05) is 11.6 Å². The van der Waals surface area contributed by atoms with Gasteiger partial charge in [0.05, 0.1) is 15.9 Å². The summed E-state index contributed by atoms with van der Waals surface area (Å²) in [7, 11) is 0. The maximum absolute atomic E-state index is 12.5. The second kappa shape index (κ2) is 6.20. The number of fused-ring (bicyclic) bond motifs is 1. The Morgan fingerprint density at radius 2 is 2.24 bits per heavy atom. The minimum absolute atomic E-state index is 0.0514. The first-order valence-electron chi connectivity index (χ1n) is 5.68. The molecule has 8 heteroatoms. The molecule has 108 valence electrons. The highest BCUT2D eigenvalue weighted by Gasteiger charge is 2.26. The number of hydrogen-bond acceptors (Lipinski definition) is 4. The lowest BCUT2D eigenvalue weighted by atomic mass is 10.1. The molecule has 21 heavy (non-hydrogen) atoms. The number of Topliss-reactive ketones (excluding diaryl/α,β-unsaturated/α-hetero) is 1. The Balaban J connectivity index is 2.96. The quantitative estimate of drug-likeness (QED) is 0.647. The van der Waals surface area contributed by atoms with Crippen LogP contribution in [-0.4, -0.2) is 21.1 Å². The Kier molecular flexibility index (Phi) is 4.74. The summed E-state index contributed by atoms with van der Waals surface area (Å²) in [6, 6.07) is 4.91. The summed E-state index contributed by atoms with van der Waals surface area (Å²) in [5, 5.41) is 8.94. The van der Waals surface area contributed by atoms with Gasteiger partial charge in [0.15, 0.2) is 11.5 Å². The molecular weight excluding hydrogens is 380 g/mol. The Morgan fingerprint density at radius 1 is 1.57 bits per heavy atom. The second-order valence-electron chi connectivity index (χ2n) is 4.14. The largest absolute Gasteiger partial charge is 0.609 e. The molecule has 0 bridgehead atoms. The van der Waals surface area contributed by atoms with Crippen molar-refractivity contribution < 1.29 is 9.35 Å². The number of nitrogens with one attached hydrogen (secondary N) is 1. The van der Waals surface area contributed by atoms with Gasteiger partial charge in [-0.2, -0.15) is 5.26 Å². The van der Waals surface area contributed by atoms with Crippen LogP contribution in [0.3, 0.4) is 0 Å². The number of halogens is 2. The molecule has 0 fully saturated rings. The van der Waals surface area contributed by atoms with Crippen molar-refractivity contribution in [1.82, 2.24) is 4.98 Å². The molecule has 0 saturated heterocycles. The van der Waals surface area contributed by atoms with Gasteiger partial charge in [-0.25, -0.2) is 0 Å². The number of nitrogens with zero attached hydrogens (tertiary/aromatic N) is 1. The van der Waals surface area contributed by atoms with Crippen LogP contribution < -0.4 is 5.43 Å². The monoisotopic (exact) mass is 386 g/mol. The van der Waals surface area contributed by atoms with E-state index in [0.717, 1.165) is 0 Å². The molecule has 0 aliphatic rings. The van der Waals surface area contributed by atoms with Crippen molar-refractivity contribution in [2.24, 2.45) is 0 Å². The second-order valence-corrected chi connectivity index (χ2v) is 6.79. The van der Waals surface area contributed by atoms with Crippen molar-refractivity contribution >= 4 is 55.4 Å². The summed E-state index contributed by atoms with van der Waals surface area (Å²) < 4.78 is 12.6. The van der Waals surface area contributed by atoms with Crippen LogP contribution in [0.5, 0.6) is 0 Å². The van der Waals surface area contributed by atoms with Crippen molar-refractivity contribution in [2.75, 3.05) is 5.75 Å². The zero-order chi connectivity index (χ0) is 15.7. The van der Waals surface area contributed by atoms with E-state index >= 15 is 0 Å². The van der Waals surface area contributed by atoms with Crippen LogP contribution in [0, 0.1) is 11.3 Å². The maximum atomic E-state index is 12.5. The molecule has 0 saturated carbocycles. The number of carbonyl (C=O) groups excluding carboxylic acids is 1. The van der Waals surface area contributed by atoms with Gasteiger partial charge >= 0.3 is 0 Å². The number of ketones is 1. The average Bonchev–Trinajstić information content (AvgIpc) is 2.42. The van der Waals surface area contributed by atoms with Crippen LogP contribution in [0.15, 0.2) is 26.4 Å². The first kappa shape index (κ1) is 16.0. The highest BCUT2D eigenvalue weighted by atomic mass is 79.9. The normalized spacial score (nSPS) is 12.1. The molecule has 0 aliphatic carbocycles. The molecule has 1 N–H and O–H groups in total. The van der Waals surface area contributed by atoms with Gasteiger partial charge in [0.25, 0.3) is 0 Å². The molecule has 1 atom stereocenters. The molecule has 1 aromatic heterocycles. The minimum atomic E-state index is -1.80. The molecule has 0 amide bonds. The van der Waals surface area contributed by atoms with E-state index in [0.29, 0.717) is 9.99 Å². The lowest BCUT2D eigenvalue weighted by Gasteiger charge is -2.12. The number of H-pyrrole nitrogens is 1. The van der Waals surface area contributed by atoms with Crippen molar-refractivity contribution in [3.8, 4) is 6.07 Å². The smallest absolute Gasteiger partial charge is 0.239 e. The van der Waals surface area contributed by atoms with Gasteiger partial charge in [-0.05, 0) is 35.0 Å². The Hall–Kier alpha value is -1.33. The lowest BCUT2D eigenvalue weighted by molar-refractivity contribution is 0.101. The van der Waals surface area contributed by atoms with Crippen molar-refractivity contribution in [2.45, 2.75) is 11.9 Å². The molecule has 5 nitrogen and oxygen atoms in total. The van der Waals surface area contributed by atoms with E-state index in [1.54, 1.807) is 12.1 Å². The van der Waals surface area contributed by atoms with Crippen LogP contribution in [-0.2, 0) is 11.2 Å². The Morgan fingerprint density at radius 3 is 2.81 bits per heavy atom. The fraction of sp³-hybridized carbons (Fsp3) is 0.154. The average molecular weight is 388 g/mol. The first-order valence-corrected chi connectivity index (χ1v) is 8.17. The fourth-order valence-corrected chi connectivity index (χ4v) is 3.54. The zero-order valence-electron chi connectivity index (χ0n) is 10.7. The molecule has 2 rings (SSSR count). The van der Waals surface area contributed by atoms with Crippen LogP contribution in [0.4, 0.5) is 0 Å². The predicted molar refractivity (Wildman–Crippen MR) is 84.2 cm³/mol. The topological polar surface area (TPSA) is 96.8 Å². The van der Waals surface area contributed by atoms with Gasteiger partial charge in [0.1, 0.15) is 11.6 Å². The van der Waals surface area contributed by atoms with Crippen molar-refractivity contribution in [3.63, 3.8) is 0 Å². The number of pyridine rings is 1.